The van der Waals surface area contributed by atoms with Crippen LogP contribution in [0.15, 0.2) is 65.4 Å². The first-order chi connectivity index (χ1) is 22.5. The van der Waals surface area contributed by atoms with Gasteiger partial charge in [0, 0.05) is 42.9 Å². The number of carboxylic acid groups (broad SMARTS) is 1. The molecule has 6 rings (SSSR count). The molecule has 0 bridgehead atoms. The maximum atomic E-state index is 15.5. The number of rotatable bonds is 9. The number of hydrogen-bond acceptors (Lipinski definition) is 8. The Balaban J connectivity index is 1.29. The van der Waals surface area contributed by atoms with E-state index in [4.69, 9.17) is 14.3 Å². The average Bonchev–Trinajstić information content (AvgIpc) is 3.81. The standard InChI is InChI=1S/C34H36FN7O5/c1-34(2,3)32-39-27(19-47-32)31(43)37-16-22-8-7-21(15-26(22)35)25-11-13-36-30-28(25)29(38-23-12-14-41(18-23)33(44)45)40-42(30)17-20-5-9-24(46-4)10-6-20/h5-11,13,15,19,23H,12,14,16-18H2,1-4H3,(H,37,43)(H,38,40)(H,44,45). The van der Waals surface area contributed by atoms with Gasteiger partial charge in [-0.05, 0) is 47.4 Å². The number of likely N-dealkylation sites (tertiary alicyclic amines) is 1. The molecule has 13 heteroatoms. The van der Waals surface area contributed by atoms with Gasteiger partial charge in [-0.1, -0.05) is 45.0 Å². The minimum absolute atomic E-state index is 0.0389. The summed E-state index contributed by atoms with van der Waals surface area (Å²) < 4.78 is 28.0. The van der Waals surface area contributed by atoms with E-state index in [-0.39, 0.29) is 23.7 Å². The number of fused-ring (bicyclic) bond motifs is 1. The van der Waals surface area contributed by atoms with Crippen LogP contribution in [0.2, 0.25) is 0 Å². The first-order valence-electron chi connectivity index (χ1n) is 15.3. The maximum absolute atomic E-state index is 15.5. The molecule has 5 aromatic rings. The van der Waals surface area contributed by atoms with E-state index in [1.165, 1.54) is 17.2 Å². The minimum atomic E-state index is -0.964. The number of pyridine rings is 1. The quantitative estimate of drug-likeness (QED) is 0.185. The van der Waals surface area contributed by atoms with Crippen molar-refractivity contribution in [2.45, 2.75) is 51.7 Å². The van der Waals surface area contributed by atoms with E-state index < -0.39 is 17.8 Å². The summed E-state index contributed by atoms with van der Waals surface area (Å²) in [4.78, 5) is 34.5. The zero-order valence-corrected chi connectivity index (χ0v) is 26.6. The van der Waals surface area contributed by atoms with Gasteiger partial charge in [0.15, 0.2) is 23.0 Å². The molecule has 1 aliphatic rings. The van der Waals surface area contributed by atoms with Crippen LogP contribution >= 0.6 is 0 Å². The summed E-state index contributed by atoms with van der Waals surface area (Å²) in [6, 6.07) is 14.2. The Morgan fingerprint density at radius 1 is 1.15 bits per heavy atom. The molecule has 2 aromatic carbocycles. The van der Waals surface area contributed by atoms with Crippen molar-refractivity contribution in [1.29, 1.82) is 0 Å². The van der Waals surface area contributed by atoms with Crippen molar-refractivity contribution < 1.29 is 28.2 Å². The molecule has 1 fully saturated rings. The van der Waals surface area contributed by atoms with Gasteiger partial charge in [0.05, 0.1) is 19.0 Å². The topological polar surface area (TPSA) is 148 Å². The molecule has 0 radical (unpaired) electrons. The summed E-state index contributed by atoms with van der Waals surface area (Å²) >= 11 is 0. The number of benzene rings is 2. The molecular weight excluding hydrogens is 605 g/mol. The van der Waals surface area contributed by atoms with E-state index in [1.54, 1.807) is 36.2 Å². The first kappa shape index (κ1) is 31.5. The van der Waals surface area contributed by atoms with Crippen LogP contribution in [0.25, 0.3) is 22.2 Å². The Kier molecular flexibility index (Phi) is 8.54. The molecule has 1 saturated heterocycles. The third kappa shape index (κ3) is 6.74. The average molecular weight is 642 g/mol. The highest BCUT2D eigenvalue weighted by Gasteiger charge is 2.28. The van der Waals surface area contributed by atoms with Gasteiger partial charge in [-0.2, -0.15) is 5.10 Å². The van der Waals surface area contributed by atoms with Gasteiger partial charge < -0.3 is 29.8 Å². The first-order valence-corrected chi connectivity index (χ1v) is 15.3. The molecule has 12 nitrogen and oxygen atoms in total. The van der Waals surface area contributed by atoms with Gasteiger partial charge in [-0.25, -0.2) is 23.8 Å². The zero-order valence-electron chi connectivity index (χ0n) is 26.6. The van der Waals surface area contributed by atoms with Gasteiger partial charge in [0.1, 0.15) is 17.8 Å². The number of aromatic nitrogens is 4. The van der Waals surface area contributed by atoms with E-state index in [1.807, 2.05) is 45.0 Å². The summed E-state index contributed by atoms with van der Waals surface area (Å²) in [7, 11) is 1.61. The van der Waals surface area contributed by atoms with Gasteiger partial charge in [0.2, 0.25) is 0 Å². The Bertz CT molecular complexity index is 1930. The second-order valence-corrected chi connectivity index (χ2v) is 12.5. The van der Waals surface area contributed by atoms with E-state index >= 15 is 4.39 Å². The lowest BCUT2D eigenvalue weighted by molar-refractivity contribution is 0.0945. The molecule has 47 heavy (non-hydrogen) atoms. The number of nitrogens with one attached hydrogen (secondary N) is 2. The molecule has 0 aliphatic carbocycles. The number of carbonyl (C=O) groups is 2. The Labute approximate surface area is 270 Å². The monoisotopic (exact) mass is 641 g/mol. The van der Waals surface area contributed by atoms with Crippen LogP contribution in [-0.2, 0) is 18.5 Å². The summed E-state index contributed by atoms with van der Waals surface area (Å²) in [5.74, 6) is 0.764. The van der Waals surface area contributed by atoms with Crippen molar-refractivity contribution in [3.8, 4) is 16.9 Å². The van der Waals surface area contributed by atoms with Crippen molar-refractivity contribution in [3.63, 3.8) is 0 Å². The number of nitrogens with zero attached hydrogens (tertiary/aromatic N) is 5. The fourth-order valence-corrected chi connectivity index (χ4v) is 5.55. The Morgan fingerprint density at radius 3 is 2.60 bits per heavy atom. The van der Waals surface area contributed by atoms with Crippen LogP contribution in [0.5, 0.6) is 5.75 Å². The molecule has 4 heterocycles. The number of anilines is 1. The predicted octanol–water partition coefficient (Wildman–Crippen LogP) is 5.67. The van der Waals surface area contributed by atoms with Crippen LogP contribution in [0.1, 0.15) is 54.7 Å². The van der Waals surface area contributed by atoms with E-state index in [0.717, 1.165) is 11.3 Å². The lowest BCUT2D eigenvalue weighted by atomic mass is 9.97. The van der Waals surface area contributed by atoms with Crippen molar-refractivity contribution in [2.24, 2.45) is 0 Å². The second-order valence-electron chi connectivity index (χ2n) is 12.5. The highest BCUT2D eigenvalue weighted by molar-refractivity contribution is 6.01. The lowest BCUT2D eigenvalue weighted by Crippen LogP contribution is -2.30. The number of hydrogen-bond donors (Lipinski definition) is 3. The molecule has 1 atom stereocenters. The molecule has 0 spiro atoms. The third-order valence-electron chi connectivity index (χ3n) is 8.11. The van der Waals surface area contributed by atoms with E-state index in [2.05, 4.69) is 20.6 Å². The van der Waals surface area contributed by atoms with Crippen molar-refractivity contribution in [3.05, 3.63) is 89.5 Å². The van der Waals surface area contributed by atoms with Crippen molar-refractivity contribution in [1.82, 2.24) is 30.0 Å². The summed E-state index contributed by atoms with van der Waals surface area (Å²) in [6.45, 7) is 6.91. The fraction of sp³-hybridized carbons (Fsp3) is 0.324. The van der Waals surface area contributed by atoms with Gasteiger partial charge in [-0.15, -0.1) is 0 Å². The molecule has 3 aromatic heterocycles. The van der Waals surface area contributed by atoms with Crippen LogP contribution in [0, 0.1) is 5.82 Å². The largest absolute Gasteiger partial charge is 0.497 e. The van der Waals surface area contributed by atoms with Crippen molar-refractivity contribution in [2.75, 3.05) is 25.5 Å². The van der Waals surface area contributed by atoms with Crippen LogP contribution in [-0.4, -0.2) is 68.0 Å². The summed E-state index contributed by atoms with van der Waals surface area (Å²) in [6.07, 6.45) is 2.62. The predicted molar refractivity (Wildman–Crippen MR) is 173 cm³/mol. The van der Waals surface area contributed by atoms with Gasteiger partial charge >= 0.3 is 6.09 Å². The summed E-state index contributed by atoms with van der Waals surface area (Å²) in [5, 5.41) is 21.2. The second kappa shape index (κ2) is 12.7. The molecule has 1 aliphatic heterocycles. The Hall–Kier alpha value is -5.46. The Morgan fingerprint density at radius 2 is 1.94 bits per heavy atom. The number of carbonyl (C=O) groups excluding carboxylic acids is 1. The van der Waals surface area contributed by atoms with Gasteiger partial charge in [0.25, 0.3) is 5.91 Å². The van der Waals surface area contributed by atoms with Crippen LogP contribution in [0.3, 0.4) is 0 Å². The molecule has 244 valence electrons. The van der Waals surface area contributed by atoms with E-state index in [0.29, 0.717) is 65.5 Å². The van der Waals surface area contributed by atoms with Crippen molar-refractivity contribution >= 4 is 28.9 Å². The lowest BCUT2D eigenvalue weighted by Gasteiger charge is -2.14. The van der Waals surface area contributed by atoms with E-state index in [9.17, 15) is 14.7 Å². The highest BCUT2D eigenvalue weighted by atomic mass is 19.1. The number of halogens is 1. The summed E-state index contributed by atoms with van der Waals surface area (Å²) in [5.41, 5.74) is 2.96. The molecular formula is C34H36FN7O5. The third-order valence-corrected chi connectivity index (χ3v) is 8.11. The highest BCUT2D eigenvalue weighted by Crippen LogP contribution is 2.35. The molecule has 3 N–H and O–H groups in total. The number of ether oxygens (including phenoxy) is 1. The van der Waals surface area contributed by atoms with Crippen LogP contribution < -0.4 is 15.4 Å². The number of oxazole rings is 1. The number of amides is 2. The normalized spacial score (nSPS) is 14.8. The molecule has 0 saturated carbocycles. The SMILES string of the molecule is COc1ccc(Cn2nc(NC3CCN(C(=O)O)C3)c3c(-c4ccc(CNC(=O)c5coc(C(C)(C)C)n5)c(F)c4)ccnc32)cc1. The molecule has 1 unspecified atom stereocenters. The fourth-order valence-electron chi connectivity index (χ4n) is 5.55. The van der Waals surface area contributed by atoms with Crippen LogP contribution in [0.4, 0.5) is 15.0 Å². The zero-order chi connectivity index (χ0) is 33.3. The smallest absolute Gasteiger partial charge is 0.407 e. The maximum Gasteiger partial charge on any atom is 0.407 e. The molecule has 2 amide bonds. The number of methoxy groups -OCH3 is 1. The minimum Gasteiger partial charge on any atom is -0.497 e. The van der Waals surface area contributed by atoms with Gasteiger partial charge in [-0.3, -0.25) is 4.79 Å².